The quantitative estimate of drug-likeness (QED) is 0.0899. The Labute approximate surface area is 456 Å². The average molecular weight is 1060 g/mol. The van der Waals surface area contributed by atoms with E-state index < -0.39 is 5.97 Å². The largest absolute Gasteiger partial charge is 0.495 e. The second-order valence-corrected chi connectivity index (χ2v) is 24.2. The van der Waals surface area contributed by atoms with Gasteiger partial charge >= 0.3 is 5.97 Å². The lowest BCUT2D eigenvalue weighted by molar-refractivity contribution is -0.138. The Balaban J connectivity index is 0.000000182. The van der Waals surface area contributed by atoms with Gasteiger partial charge in [-0.05, 0) is 203 Å². The van der Waals surface area contributed by atoms with E-state index in [0.29, 0.717) is 58.8 Å². The molecule has 0 aliphatic heterocycles. The molecule has 5 saturated carbocycles. The van der Waals surface area contributed by atoms with Gasteiger partial charge in [-0.3, -0.25) is 9.59 Å². The Morgan fingerprint density at radius 1 is 0.618 bits per heavy atom. The van der Waals surface area contributed by atoms with Gasteiger partial charge in [0.25, 0.3) is 0 Å². The second kappa shape index (κ2) is 24.6. The molecule has 1 amide bonds. The monoisotopic (exact) mass is 1050 g/mol. The number of carboxylic acids is 1. The molecule has 0 spiro atoms. The number of aliphatic carboxylic acids is 1. The predicted molar refractivity (Wildman–Crippen MR) is 302 cm³/mol. The topological polar surface area (TPSA) is 161 Å². The standard InChI is InChI=1S/C36H41N3O4S.C27H29N3OS/c1-43-32-16-15-28(18-30(32)20-37)25-9-7-24(8-10-25)22-39(36(42)27-11-5-23(6-12-27)17-34(40)41)31-4-2-3-29(19-31)33-21-38-35(44-33)26-13-14-26;1-31-25-12-11-21(13-23(25)15-28)19-7-5-18(6-8-19)16-29-24-4-2-3-22(14-24)26-17-30-27(32-26)20-9-10-20/h2-4,15-16,18-19,21,23-27H,5-14,17,22H2,1H3,(H,40,41);2-4,11-14,17-20,29H,5-10,16H2,1H3. The molecule has 5 fully saturated rings. The minimum Gasteiger partial charge on any atom is -0.495 e. The van der Waals surface area contributed by atoms with Crippen molar-refractivity contribution in [3.63, 3.8) is 0 Å². The van der Waals surface area contributed by atoms with E-state index >= 15 is 0 Å². The fourth-order valence-electron chi connectivity index (χ4n) is 11.9. The van der Waals surface area contributed by atoms with Crippen molar-refractivity contribution in [2.45, 2.75) is 133 Å². The third-order valence-electron chi connectivity index (χ3n) is 16.8. The minimum atomic E-state index is -0.750. The van der Waals surface area contributed by atoms with E-state index in [4.69, 9.17) is 9.47 Å². The highest BCUT2D eigenvalue weighted by molar-refractivity contribution is 7.15. The van der Waals surface area contributed by atoms with Gasteiger partial charge < -0.3 is 24.8 Å². The van der Waals surface area contributed by atoms with Crippen molar-refractivity contribution in [2.24, 2.45) is 23.7 Å². The van der Waals surface area contributed by atoms with Crippen LogP contribution < -0.4 is 19.7 Å². The molecule has 11 rings (SSSR count). The van der Waals surface area contributed by atoms with E-state index in [1.165, 1.54) is 88.6 Å². The van der Waals surface area contributed by atoms with Crippen molar-refractivity contribution >= 4 is 45.9 Å². The number of nitriles is 2. The number of ether oxygens (including phenoxy) is 2. The number of carbonyl (C=O) groups excluding carboxylic acids is 1. The minimum absolute atomic E-state index is 0.0754. The molecule has 2 aromatic heterocycles. The summed E-state index contributed by atoms with van der Waals surface area (Å²) in [6.07, 6.45) is 21.2. The van der Waals surface area contributed by atoms with Crippen LogP contribution in [0.25, 0.3) is 20.9 Å². The highest BCUT2D eigenvalue weighted by Gasteiger charge is 2.34. The number of hydrogen-bond donors (Lipinski definition) is 2. The average Bonchev–Trinajstić information content (AvgIpc) is 4.41. The van der Waals surface area contributed by atoms with Crippen LogP contribution in [0, 0.1) is 46.3 Å². The molecule has 5 aliphatic carbocycles. The summed E-state index contributed by atoms with van der Waals surface area (Å²) in [7, 11) is 3.21. The fourth-order valence-corrected chi connectivity index (χ4v) is 14.1. The van der Waals surface area contributed by atoms with Gasteiger partial charge in [-0.1, -0.05) is 36.4 Å². The molecule has 2 N–H and O–H groups in total. The molecule has 6 aromatic rings. The lowest BCUT2D eigenvalue weighted by Gasteiger charge is -2.36. The number of carbonyl (C=O) groups is 2. The van der Waals surface area contributed by atoms with Gasteiger partial charge in [-0.2, -0.15) is 10.5 Å². The number of rotatable bonds is 17. The van der Waals surface area contributed by atoms with Crippen molar-refractivity contribution in [3.8, 4) is 44.5 Å². The molecule has 0 saturated heterocycles. The van der Waals surface area contributed by atoms with Crippen LogP contribution in [-0.4, -0.2) is 54.3 Å². The van der Waals surface area contributed by atoms with Crippen LogP contribution in [-0.2, 0) is 9.59 Å². The Bertz CT molecular complexity index is 3050. The van der Waals surface area contributed by atoms with Gasteiger partial charge in [0.15, 0.2) is 0 Å². The number of hydrogen-bond acceptors (Lipinski definition) is 11. The molecule has 4 aromatic carbocycles. The van der Waals surface area contributed by atoms with Gasteiger partial charge in [-0.15, -0.1) is 22.7 Å². The first-order valence-electron chi connectivity index (χ1n) is 27.7. The van der Waals surface area contributed by atoms with Gasteiger partial charge in [0.2, 0.25) is 5.91 Å². The zero-order valence-electron chi connectivity index (χ0n) is 43.9. The van der Waals surface area contributed by atoms with Crippen molar-refractivity contribution < 1.29 is 24.2 Å². The van der Waals surface area contributed by atoms with Crippen LogP contribution in [0.2, 0.25) is 0 Å². The number of anilines is 2. The fraction of sp³-hybridized carbons (Fsp3) is 0.460. The van der Waals surface area contributed by atoms with Crippen LogP contribution in [0.15, 0.2) is 97.3 Å². The summed E-state index contributed by atoms with van der Waals surface area (Å²) in [5.41, 5.74) is 8.18. The second-order valence-electron chi connectivity index (χ2n) is 22.0. The van der Waals surface area contributed by atoms with Crippen molar-refractivity contribution in [3.05, 3.63) is 130 Å². The third-order valence-corrected chi connectivity index (χ3v) is 19.2. The molecule has 0 radical (unpaired) electrons. The van der Waals surface area contributed by atoms with Crippen molar-refractivity contribution in [2.75, 3.05) is 37.5 Å². The number of benzene rings is 4. The molecule has 0 unspecified atom stereocenters. The zero-order valence-corrected chi connectivity index (χ0v) is 45.6. The Kier molecular flexibility index (Phi) is 17.1. The summed E-state index contributed by atoms with van der Waals surface area (Å²) in [4.78, 5) is 39.3. The smallest absolute Gasteiger partial charge is 0.303 e. The first kappa shape index (κ1) is 52.9. The van der Waals surface area contributed by atoms with Gasteiger partial charge in [0.05, 0.1) is 45.1 Å². The van der Waals surface area contributed by atoms with Gasteiger partial charge in [0, 0.05) is 61.0 Å². The lowest BCUT2D eigenvalue weighted by atomic mass is 9.77. The Morgan fingerprint density at radius 2 is 1.12 bits per heavy atom. The highest BCUT2D eigenvalue weighted by atomic mass is 32.1. The zero-order chi connectivity index (χ0) is 52.5. The summed E-state index contributed by atoms with van der Waals surface area (Å²) < 4.78 is 10.6. The van der Waals surface area contributed by atoms with E-state index in [1.807, 2.05) is 52.9 Å². The van der Waals surface area contributed by atoms with E-state index in [2.05, 4.69) is 88.1 Å². The number of carboxylic acid groups (broad SMARTS) is 1. The molecule has 11 nitrogen and oxygen atoms in total. The molecule has 0 bridgehead atoms. The maximum Gasteiger partial charge on any atom is 0.303 e. The number of methoxy groups -OCH3 is 2. The van der Waals surface area contributed by atoms with Crippen molar-refractivity contribution in [1.29, 1.82) is 10.5 Å². The van der Waals surface area contributed by atoms with Crippen LogP contribution in [0.5, 0.6) is 11.5 Å². The predicted octanol–water partition coefficient (Wildman–Crippen LogP) is 15.1. The van der Waals surface area contributed by atoms with E-state index in [1.54, 1.807) is 25.6 Å². The molecule has 5 aliphatic rings. The summed E-state index contributed by atoms with van der Waals surface area (Å²) in [6, 6.07) is 33.7. The number of nitrogens with one attached hydrogen (secondary N) is 1. The normalized spacial score (nSPS) is 22.2. The molecule has 13 heteroatoms. The molecule has 76 heavy (non-hydrogen) atoms. The molecule has 0 atom stereocenters. The number of amides is 1. The Hall–Kier alpha value is -6.54. The first-order chi connectivity index (χ1) is 37.1. The van der Waals surface area contributed by atoms with Gasteiger partial charge in [0.1, 0.15) is 23.6 Å². The number of thiazole rings is 2. The van der Waals surface area contributed by atoms with Crippen LogP contribution in [0.3, 0.4) is 0 Å². The van der Waals surface area contributed by atoms with E-state index in [9.17, 15) is 25.2 Å². The van der Waals surface area contributed by atoms with Crippen LogP contribution in [0.4, 0.5) is 11.4 Å². The molecule has 2 heterocycles. The number of aromatic nitrogens is 2. The Morgan fingerprint density at radius 3 is 1.63 bits per heavy atom. The van der Waals surface area contributed by atoms with E-state index in [0.717, 1.165) is 80.0 Å². The maximum atomic E-state index is 14.2. The summed E-state index contributed by atoms with van der Waals surface area (Å²) in [5, 5.41) is 34.4. The maximum absolute atomic E-state index is 14.2. The first-order valence-corrected chi connectivity index (χ1v) is 29.3. The highest BCUT2D eigenvalue weighted by Crippen LogP contribution is 2.46. The summed E-state index contributed by atoms with van der Waals surface area (Å²) >= 11 is 3.61. The summed E-state index contributed by atoms with van der Waals surface area (Å²) in [6.45, 7) is 1.70. The molecular weight excluding hydrogens is 985 g/mol. The van der Waals surface area contributed by atoms with E-state index in [-0.39, 0.29) is 24.2 Å². The molecule has 394 valence electrons. The number of nitrogens with zero attached hydrogens (tertiary/aromatic N) is 5. The van der Waals surface area contributed by atoms with Gasteiger partial charge in [-0.25, -0.2) is 9.97 Å². The molecular formula is C63H70N6O5S2. The lowest BCUT2D eigenvalue weighted by Crippen LogP contribution is -2.41. The van der Waals surface area contributed by atoms with Crippen molar-refractivity contribution in [1.82, 2.24) is 9.97 Å². The summed E-state index contributed by atoms with van der Waals surface area (Å²) in [5.74, 6) is 4.14. The SMILES string of the molecule is COc1ccc(C2CCC(CN(C(=O)C3CCC(CC(=O)O)CC3)c3cccc(-c4cnc(C5CC5)s4)c3)CC2)cc1C#N.COc1ccc(C2CCC(CNc3cccc(-c4cnc(C5CC5)s4)c3)CC2)cc1C#N. The van der Waals surface area contributed by atoms with Crippen LogP contribution >= 0.6 is 22.7 Å². The van der Waals surface area contributed by atoms with Crippen LogP contribution in [0.1, 0.15) is 165 Å². The third kappa shape index (κ3) is 13.2.